The van der Waals surface area contributed by atoms with Crippen LogP contribution in [-0.2, 0) is 61.2 Å². The number of hydrogen-bond acceptors (Lipinski definition) is 11. The molecule has 2 aromatic carbocycles. The van der Waals surface area contributed by atoms with Crippen LogP contribution < -0.4 is 0 Å². The Morgan fingerprint density at radius 3 is 1.41 bits per heavy atom. The second-order valence-electron chi connectivity index (χ2n) is 10.6. The SMILES string of the molecule is COC(=O)C(CC(=O)OCc1ccccc1)=C1CCS(=O)(=O)CC1.COC(=O)C(CC(=O)OCc1ccccc1)=C1CCSCC1. The predicted octanol–water partition coefficient (Wildman–Crippen LogP) is 4.91. The number of rotatable bonds is 10. The highest BCUT2D eigenvalue weighted by Gasteiger charge is 2.26. The Balaban J connectivity index is 0.000000251. The van der Waals surface area contributed by atoms with Crippen molar-refractivity contribution in [2.75, 3.05) is 37.2 Å². The van der Waals surface area contributed by atoms with Gasteiger partial charge in [-0.15, -0.1) is 0 Å². The van der Waals surface area contributed by atoms with E-state index in [0.717, 1.165) is 41.0 Å². The molecule has 0 radical (unpaired) electrons. The number of carbonyl (C=O) groups excluding carboxylic acids is 4. The number of benzene rings is 2. The molecule has 2 aromatic rings. The molecule has 0 bridgehead atoms. The molecule has 2 aliphatic rings. The summed E-state index contributed by atoms with van der Waals surface area (Å²) in [5.74, 6) is -0.0252. The third kappa shape index (κ3) is 12.5. The van der Waals surface area contributed by atoms with Crippen LogP contribution in [0.1, 0.15) is 49.7 Å². The Hall–Kier alpha value is -3.90. The van der Waals surface area contributed by atoms with Gasteiger partial charge in [0.2, 0.25) is 0 Å². The van der Waals surface area contributed by atoms with Crippen LogP contribution in [0.4, 0.5) is 0 Å². The number of hydrogen-bond donors (Lipinski definition) is 0. The first-order valence-corrected chi connectivity index (χ1v) is 17.8. The van der Waals surface area contributed by atoms with Gasteiger partial charge in [0, 0.05) is 11.1 Å². The number of ether oxygens (including phenoxy) is 4. The van der Waals surface area contributed by atoms with Crippen molar-refractivity contribution in [2.24, 2.45) is 0 Å². The summed E-state index contributed by atoms with van der Waals surface area (Å²) >= 11 is 1.86. The molecule has 2 saturated heterocycles. The summed E-state index contributed by atoms with van der Waals surface area (Å²) in [4.78, 5) is 47.9. The number of sulfone groups is 1. The lowest BCUT2D eigenvalue weighted by Crippen LogP contribution is -2.22. The van der Waals surface area contributed by atoms with Crippen LogP contribution >= 0.6 is 11.8 Å². The Morgan fingerprint density at radius 2 is 1.02 bits per heavy atom. The molecule has 10 nitrogen and oxygen atoms in total. The largest absolute Gasteiger partial charge is 0.466 e. The van der Waals surface area contributed by atoms with Gasteiger partial charge in [-0.05, 0) is 48.3 Å². The van der Waals surface area contributed by atoms with E-state index in [9.17, 15) is 27.6 Å². The van der Waals surface area contributed by atoms with E-state index in [2.05, 4.69) is 0 Å². The van der Waals surface area contributed by atoms with Crippen molar-refractivity contribution < 1.29 is 46.5 Å². The summed E-state index contributed by atoms with van der Waals surface area (Å²) in [7, 11) is -0.482. The number of carbonyl (C=O) groups is 4. The van der Waals surface area contributed by atoms with Gasteiger partial charge in [-0.1, -0.05) is 71.8 Å². The topological polar surface area (TPSA) is 139 Å². The van der Waals surface area contributed by atoms with Crippen LogP contribution in [0.25, 0.3) is 0 Å². The fourth-order valence-corrected chi connectivity index (χ4v) is 7.11. The molecular weight excluding hydrogens is 632 g/mol. The van der Waals surface area contributed by atoms with Gasteiger partial charge in [0.1, 0.15) is 13.2 Å². The molecule has 2 heterocycles. The highest BCUT2D eigenvalue weighted by atomic mass is 32.2. The fourth-order valence-electron chi connectivity index (χ4n) is 4.80. The molecule has 0 N–H and O–H groups in total. The van der Waals surface area contributed by atoms with Crippen molar-refractivity contribution in [3.63, 3.8) is 0 Å². The molecule has 2 aliphatic heterocycles. The highest BCUT2D eigenvalue weighted by Crippen LogP contribution is 2.27. The lowest BCUT2D eigenvalue weighted by atomic mass is 10.00. The minimum absolute atomic E-state index is 0.0120. The summed E-state index contributed by atoms with van der Waals surface area (Å²) in [6, 6.07) is 18.7. The average molecular weight is 673 g/mol. The van der Waals surface area contributed by atoms with Crippen LogP contribution in [-0.4, -0.2) is 69.5 Å². The Morgan fingerprint density at radius 1 is 0.630 bits per heavy atom. The Kier molecular flexibility index (Phi) is 15.0. The standard InChI is InChI=1S/C17H20O6S.C17H20O4S/c1-22-17(19)15(14-7-9-24(20,21)10-8-14)11-16(18)23-12-13-5-3-2-4-6-13;1-20-17(19)15(14-7-9-22-10-8-14)11-16(18)21-12-13-5-3-2-4-6-13/h2-6H,7-12H2,1H3;2-6H,7-12H2,1H3. The van der Waals surface area contributed by atoms with E-state index in [1.165, 1.54) is 14.2 Å². The lowest BCUT2D eigenvalue weighted by molar-refractivity contribution is -0.146. The zero-order valence-electron chi connectivity index (χ0n) is 26.2. The zero-order chi connectivity index (χ0) is 33.4. The Labute approximate surface area is 274 Å². The van der Waals surface area contributed by atoms with Gasteiger partial charge >= 0.3 is 23.9 Å². The molecular formula is C34H40O10S2. The third-order valence-electron chi connectivity index (χ3n) is 7.37. The maximum Gasteiger partial charge on any atom is 0.334 e. The van der Waals surface area contributed by atoms with Gasteiger partial charge in [-0.2, -0.15) is 11.8 Å². The van der Waals surface area contributed by atoms with E-state index in [1.54, 1.807) is 0 Å². The molecule has 0 aliphatic carbocycles. The molecule has 2 fully saturated rings. The predicted molar refractivity (Wildman–Crippen MR) is 174 cm³/mol. The third-order valence-corrected chi connectivity index (χ3v) is 10.0. The van der Waals surface area contributed by atoms with Gasteiger partial charge in [0.05, 0.1) is 38.6 Å². The maximum atomic E-state index is 12.0. The van der Waals surface area contributed by atoms with E-state index >= 15 is 0 Å². The van der Waals surface area contributed by atoms with Crippen molar-refractivity contribution >= 4 is 45.5 Å². The van der Waals surface area contributed by atoms with E-state index in [4.69, 9.17) is 18.9 Å². The average Bonchev–Trinajstić information content (AvgIpc) is 3.09. The van der Waals surface area contributed by atoms with Crippen LogP contribution in [0.15, 0.2) is 83.0 Å². The van der Waals surface area contributed by atoms with Crippen LogP contribution in [0.2, 0.25) is 0 Å². The minimum atomic E-state index is -3.06. The summed E-state index contributed by atoms with van der Waals surface area (Å²) < 4.78 is 43.0. The van der Waals surface area contributed by atoms with Crippen molar-refractivity contribution in [1.82, 2.24) is 0 Å². The number of allylic oxidation sites excluding steroid dienone is 2. The summed E-state index contributed by atoms with van der Waals surface area (Å²) in [5.41, 5.74) is 4.15. The molecule has 0 aromatic heterocycles. The molecule has 0 amide bonds. The first-order chi connectivity index (χ1) is 22.1. The molecule has 0 unspecified atom stereocenters. The number of methoxy groups -OCH3 is 2. The van der Waals surface area contributed by atoms with Gasteiger partial charge < -0.3 is 18.9 Å². The first kappa shape index (κ1) is 36.6. The van der Waals surface area contributed by atoms with Gasteiger partial charge in [0.15, 0.2) is 9.84 Å². The molecule has 46 heavy (non-hydrogen) atoms. The van der Waals surface area contributed by atoms with Crippen LogP contribution in [0.3, 0.4) is 0 Å². The normalized spacial score (nSPS) is 15.3. The second-order valence-corrected chi connectivity index (χ2v) is 14.1. The summed E-state index contributed by atoms with van der Waals surface area (Å²) in [6.07, 6.45) is 1.94. The molecule has 0 spiro atoms. The van der Waals surface area contributed by atoms with E-state index in [0.29, 0.717) is 11.1 Å². The molecule has 4 rings (SSSR count). The summed E-state index contributed by atoms with van der Waals surface area (Å²) in [6.45, 7) is 0.344. The zero-order valence-corrected chi connectivity index (χ0v) is 27.8. The van der Waals surface area contributed by atoms with Crippen molar-refractivity contribution in [3.05, 3.63) is 94.1 Å². The van der Waals surface area contributed by atoms with Gasteiger partial charge in [-0.25, -0.2) is 18.0 Å². The number of thioether (sulfide) groups is 1. The monoisotopic (exact) mass is 672 g/mol. The lowest BCUT2D eigenvalue weighted by Gasteiger charge is -2.18. The minimum Gasteiger partial charge on any atom is -0.466 e. The van der Waals surface area contributed by atoms with Gasteiger partial charge in [0.25, 0.3) is 0 Å². The van der Waals surface area contributed by atoms with E-state index in [-0.39, 0.29) is 56.0 Å². The quantitative estimate of drug-likeness (QED) is 0.193. The van der Waals surface area contributed by atoms with Crippen molar-refractivity contribution in [3.8, 4) is 0 Å². The Bertz CT molecular complexity index is 1490. The molecule has 0 saturated carbocycles. The first-order valence-electron chi connectivity index (χ1n) is 14.9. The van der Waals surface area contributed by atoms with E-state index < -0.39 is 33.7 Å². The number of esters is 4. The molecule has 12 heteroatoms. The van der Waals surface area contributed by atoms with Crippen LogP contribution in [0.5, 0.6) is 0 Å². The smallest absolute Gasteiger partial charge is 0.334 e. The summed E-state index contributed by atoms with van der Waals surface area (Å²) in [5, 5.41) is 0. The highest BCUT2D eigenvalue weighted by molar-refractivity contribution is 7.99. The fraction of sp³-hybridized carbons (Fsp3) is 0.412. The van der Waals surface area contributed by atoms with Crippen molar-refractivity contribution in [1.29, 1.82) is 0 Å². The maximum absolute atomic E-state index is 12.0. The van der Waals surface area contributed by atoms with Crippen molar-refractivity contribution in [2.45, 2.75) is 51.7 Å². The van der Waals surface area contributed by atoms with Crippen LogP contribution in [0, 0.1) is 0 Å². The molecule has 0 atom stereocenters. The molecule has 248 valence electrons. The van der Waals surface area contributed by atoms with Gasteiger partial charge in [-0.3, -0.25) is 9.59 Å². The van der Waals surface area contributed by atoms with E-state index in [1.807, 2.05) is 72.4 Å². The second kappa shape index (κ2) is 18.9.